The molecule has 0 saturated carbocycles. The monoisotopic (exact) mass is 457 g/mol. The summed E-state index contributed by atoms with van der Waals surface area (Å²) >= 11 is 0. The molecule has 1 atom stereocenters. The number of piperidine rings is 1. The lowest BCUT2D eigenvalue weighted by Gasteiger charge is -2.28. The number of aromatic nitrogens is 8. The van der Waals surface area contributed by atoms with Gasteiger partial charge in [0.2, 0.25) is 0 Å². The van der Waals surface area contributed by atoms with Gasteiger partial charge in [0.15, 0.2) is 6.19 Å². The Kier molecular flexibility index (Phi) is 5.34. The first-order chi connectivity index (χ1) is 16.5. The molecule has 34 heavy (non-hydrogen) atoms. The van der Waals surface area contributed by atoms with Crippen molar-refractivity contribution in [1.82, 2.24) is 44.5 Å². The fourth-order valence-corrected chi connectivity index (χ4v) is 4.35. The first kappa shape index (κ1) is 21.4. The van der Waals surface area contributed by atoms with Gasteiger partial charge in [-0.05, 0) is 32.8 Å². The van der Waals surface area contributed by atoms with E-state index in [-0.39, 0.29) is 6.04 Å². The second-order valence-corrected chi connectivity index (χ2v) is 8.36. The Morgan fingerprint density at radius 1 is 1.18 bits per heavy atom. The molecule has 1 fully saturated rings. The summed E-state index contributed by atoms with van der Waals surface area (Å²) < 4.78 is 9.84. The van der Waals surface area contributed by atoms with Crippen molar-refractivity contribution in [3.8, 4) is 29.3 Å². The topological polar surface area (TPSA) is 139 Å². The maximum Gasteiger partial charge on any atom is 0.179 e. The van der Waals surface area contributed by atoms with Crippen LogP contribution in [0.3, 0.4) is 0 Å². The van der Waals surface area contributed by atoms with E-state index in [0.717, 1.165) is 29.8 Å². The van der Waals surface area contributed by atoms with Gasteiger partial charge in [-0.15, -0.1) is 5.10 Å². The molecule has 0 amide bonds. The van der Waals surface area contributed by atoms with E-state index in [0.29, 0.717) is 35.6 Å². The molecule has 1 aliphatic heterocycles. The molecule has 5 rings (SSSR count). The zero-order chi connectivity index (χ0) is 23.8. The van der Waals surface area contributed by atoms with Crippen LogP contribution in [0.15, 0.2) is 24.7 Å². The van der Waals surface area contributed by atoms with E-state index in [9.17, 15) is 5.26 Å². The highest BCUT2D eigenvalue weighted by Crippen LogP contribution is 2.34. The molecule has 1 unspecified atom stereocenters. The Morgan fingerprint density at radius 3 is 2.65 bits per heavy atom. The second-order valence-electron chi connectivity index (χ2n) is 8.36. The van der Waals surface area contributed by atoms with Crippen LogP contribution < -0.4 is 4.74 Å². The van der Waals surface area contributed by atoms with Gasteiger partial charge < -0.3 is 9.64 Å². The van der Waals surface area contributed by atoms with Crippen LogP contribution in [-0.2, 0) is 7.05 Å². The van der Waals surface area contributed by atoms with Crippen molar-refractivity contribution in [2.24, 2.45) is 7.05 Å². The predicted octanol–water partition coefficient (Wildman–Crippen LogP) is 2.16. The fraction of sp³-hybridized carbons (Fsp3) is 0.409. The van der Waals surface area contributed by atoms with Gasteiger partial charge in [-0.2, -0.15) is 30.6 Å². The maximum absolute atomic E-state index is 9.58. The number of hydrogen-bond acceptors (Lipinski definition) is 9. The van der Waals surface area contributed by atoms with Crippen LogP contribution in [0, 0.1) is 29.7 Å². The molecule has 5 heterocycles. The van der Waals surface area contributed by atoms with Gasteiger partial charge >= 0.3 is 0 Å². The first-order valence-corrected chi connectivity index (χ1v) is 11.0. The summed E-state index contributed by atoms with van der Waals surface area (Å²) in [5, 5.41) is 40.4. The van der Waals surface area contributed by atoms with Crippen molar-refractivity contribution in [2.75, 3.05) is 13.1 Å². The average molecular weight is 458 g/mol. The van der Waals surface area contributed by atoms with Gasteiger partial charge in [-0.1, -0.05) is 5.21 Å². The van der Waals surface area contributed by atoms with Crippen LogP contribution in [0.4, 0.5) is 0 Å². The molecular weight excluding hydrogens is 434 g/mol. The maximum atomic E-state index is 9.58. The molecule has 0 radical (unpaired) electrons. The van der Waals surface area contributed by atoms with Gasteiger partial charge in [0.05, 0.1) is 24.1 Å². The summed E-state index contributed by atoms with van der Waals surface area (Å²) in [6.45, 7) is 5.29. The molecule has 172 valence electrons. The molecule has 0 N–H and O–H groups in total. The standard InChI is InChI=1S/C22H23N11O/c1-14-21(27-29-33(14)18-4-6-31(13-24)7-5-18)16-8-20(22-17(9-23)10-26-32(22)12-16)34-15(2)19-11-25-30(3)28-19/h8,10-12,15,18H,4-7H2,1-3H3. The number of hydrogen-bond donors (Lipinski definition) is 0. The van der Waals surface area contributed by atoms with Gasteiger partial charge in [0.1, 0.15) is 40.4 Å². The summed E-state index contributed by atoms with van der Waals surface area (Å²) in [5.41, 5.74) is 4.09. The van der Waals surface area contributed by atoms with E-state index in [1.807, 2.05) is 30.8 Å². The molecule has 0 bridgehead atoms. The number of nitrogens with zero attached hydrogens (tertiary/aromatic N) is 11. The van der Waals surface area contributed by atoms with Crippen LogP contribution in [-0.4, -0.2) is 57.6 Å². The van der Waals surface area contributed by atoms with E-state index >= 15 is 0 Å². The van der Waals surface area contributed by atoms with Crippen LogP contribution in [0.5, 0.6) is 5.75 Å². The summed E-state index contributed by atoms with van der Waals surface area (Å²) in [7, 11) is 1.75. The number of pyridine rings is 1. The third kappa shape index (κ3) is 3.69. The van der Waals surface area contributed by atoms with Crippen molar-refractivity contribution >= 4 is 5.52 Å². The largest absolute Gasteiger partial charge is 0.482 e. The molecule has 0 aliphatic carbocycles. The minimum atomic E-state index is -0.392. The Hall–Kier alpha value is -4.45. The highest BCUT2D eigenvalue weighted by Gasteiger charge is 2.25. The Morgan fingerprint density at radius 2 is 1.97 bits per heavy atom. The lowest BCUT2D eigenvalue weighted by molar-refractivity contribution is 0.223. The second kappa shape index (κ2) is 8.48. The highest BCUT2D eigenvalue weighted by molar-refractivity contribution is 5.74. The molecule has 0 spiro atoms. The molecule has 4 aromatic heterocycles. The van der Waals surface area contributed by atoms with Crippen LogP contribution in [0.2, 0.25) is 0 Å². The van der Waals surface area contributed by atoms with E-state index in [4.69, 9.17) is 10.00 Å². The highest BCUT2D eigenvalue weighted by atomic mass is 16.5. The average Bonchev–Trinajstić information content (AvgIpc) is 3.57. The SMILES string of the molecule is Cc1c(-c2cc(OC(C)c3cnn(C)n3)c3c(C#N)cnn3c2)nnn1C1CCN(C#N)CC1. The predicted molar refractivity (Wildman–Crippen MR) is 119 cm³/mol. The van der Waals surface area contributed by atoms with E-state index in [1.54, 1.807) is 22.7 Å². The number of likely N-dealkylation sites (tertiary alicyclic amines) is 1. The number of fused-ring (bicyclic) bond motifs is 1. The summed E-state index contributed by atoms with van der Waals surface area (Å²) in [6, 6.07) is 4.24. The minimum absolute atomic E-state index is 0.192. The molecular formula is C22H23N11O. The third-order valence-electron chi connectivity index (χ3n) is 6.19. The minimum Gasteiger partial charge on any atom is -0.482 e. The van der Waals surface area contributed by atoms with Gasteiger partial charge in [-0.3, -0.25) is 0 Å². The van der Waals surface area contributed by atoms with Crippen molar-refractivity contribution in [2.45, 2.75) is 38.8 Å². The van der Waals surface area contributed by atoms with Crippen molar-refractivity contribution in [1.29, 1.82) is 10.5 Å². The summed E-state index contributed by atoms with van der Waals surface area (Å²) in [6.07, 6.45) is 8.50. The van der Waals surface area contributed by atoms with Crippen LogP contribution >= 0.6 is 0 Å². The smallest absolute Gasteiger partial charge is 0.179 e. The zero-order valence-corrected chi connectivity index (χ0v) is 19.1. The van der Waals surface area contributed by atoms with Gasteiger partial charge in [0.25, 0.3) is 0 Å². The quantitative estimate of drug-likeness (QED) is 0.412. The Bertz CT molecular complexity index is 1430. The van der Waals surface area contributed by atoms with Crippen molar-refractivity contribution in [3.63, 3.8) is 0 Å². The number of nitriles is 2. The van der Waals surface area contributed by atoms with Crippen molar-refractivity contribution in [3.05, 3.63) is 41.6 Å². The Labute approximate surface area is 195 Å². The number of rotatable bonds is 5. The molecule has 4 aromatic rings. The lowest BCUT2D eigenvalue weighted by Crippen LogP contribution is -2.31. The van der Waals surface area contributed by atoms with Crippen LogP contribution in [0.1, 0.15) is 48.9 Å². The molecule has 0 aromatic carbocycles. The molecule has 1 saturated heterocycles. The van der Waals surface area contributed by atoms with E-state index in [2.05, 4.69) is 37.9 Å². The van der Waals surface area contributed by atoms with E-state index in [1.165, 1.54) is 11.0 Å². The zero-order valence-electron chi connectivity index (χ0n) is 19.1. The number of aryl methyl sites for hydroxylation is 1. The van der Waals surface area contributed by atoms with Crippen molar-refractivity contribution < 1.29 is 4.74 Å². The lowest BCUT2D eigenvalue weighted by atomic mass is 10.0. The Balaban J connectivity index is 1.52. The molecule has 1 aliphatic rings. The van der Waals surface area contributed by atoms with Gasteiger partial charge in [-0.25, -0.2) is 9.20 Å². The van der Waals surface area contributed by atoms with Gasteiger partial charge in [0, 0.05) is 31.9 Å². The third-order valence-corrected chi connectivity index (χ3v) is 6.19. The molecule has 12 nitrogen and oxygen atoms in total. The van der Waals surface area contributed by atoms with E-state index < -0.39 is 6.10 Å². The summed E-state index contributed by atoms with van der Waals surface area (Å²) in [5.74, 6) is 0.501. The van der Waals surface area contributed by atoms with Crippen LogP contribution in [0.25, 0.3) is 16.8 Å². The fourth-order valence-electron chi connectivity index (χ4n) is 4.35. The summed E-state index contributed by atoms with van der Waals surface area (Å²) in [4.78, 5) is 3.24. The first-order valence-electron chi connectivity index (χ1n) is 11.0. The number of ether oxygens (including phenoxy) is 1. The normalized spacial score (nSPS) is 15.3. The molecule has 12 heteroatoms.